The van der Waals surface area contributed by atoms with Crippen molar-refractivity contribution in [1.82, 2.24) is 4.57 Å². The summed E-state index contributed by atoms with van der Waals surface area (Å²) in [5.41, 5.74) is 1.97. The first-order chi connectivity index (χ1) is 15.9. The van der Waals surface area contributed by atoms with Crippen molar-refractivity contribution in [1.29, 1.82) is 0 Å². The van der Waals surface area contributed by atoms with E-state index in [2.05, 4.69) is 5.32 Å². The molecule has 0 aliphatic carbocycles. The number of unbranched alkanes of at least 4 members (excludes halogenated alkanes) is 1. The van der Waals surface area contributed by atoms with Crippen LogP contribution in [-0.2, 0) is 30.4 Å². The summed E-state index contributed by atoms with van der Waals surface area (Å²) in [7, 11) is 0. The monoisotopic (exact) mass is 446 g/mol. The smallest absolute Gasteiger partial charge is 0.348 e. The van der Waals surface area contributed by atoms with Crippen LogP contribution in [0.3, 0.4) is 0 Å². The number of benzene rings is 2. The molecule has 7 nitrogen and oxygen atoms in total. The van der Waals surface area contributed by atoms with Crippen molar-refractivity contribution in [2.24, 2.45) is 0 Å². The number of carbonyl (C=O) groups is 3. The minimum atomic E-state index is -1.24. The predicted molar refractivity (Wildman–Crippen MR) is 125 cm³/mol. The Hall–Kier alpha value is -3.87. The highest BCUT2D eigenvalue weighted by Gasteiger charge is 2.42. The van der Waals surface area contributed by atoms with E-state index < -0.39 is 17.7 Å². The van der Waals surface area contributed by atoms with Crippen molar-refractivity contribution in [2.45, 2.75) is 45.4 Å². The summed E-state index contributed by atoms with van der Waals surface area (Å²) in [6.45, 7) is 3.69. The van der Waals surface area contributed by atoms with E-state index in [1.807, 2.05) is 61.5 Å². The minimum Gasteiger partial charge on any atom is -0.419 e. The largest absolute Gasteiger partial charge is 0.419 e. The van der Waals surface area contributed by atoms with Gasteiger partial charge in [0.25, 0.3) is 5.79 Å². The number of amides is 1. The Morgan fingerprint density at radius 2 is 1.70 bits per heavy atom. The average Bonchev–Trinajstić information content (AvgIpc) is 3.13. The van der Waals surface area contributed by atoms with E-state index in [0.29, 0.717) is 17.7 Å². The molecule has 0 bridgehead atoms. The number of para-hydroxylation sites is 2. The Morgan fingerprint density at radius 3 is 2.39 bits per heavy atom. The molecule has 3 aromatic rings. The molecule has 1 N–H and O–H groups in total. The van der Waals surface area contributed by atoms with Gasteiger partial charge in [-0.15, -0.1) is 0 Å². The van der Waals surface area contributed by atoms with E-state index in [1.54, 1.807) is 17.7 Å². The van der Waals surface area contributed by atoms with Gasteiger partial charge in [-0.05, 0) is 30.7 Å². The summed E-state index contributed by atoms with van der Waals surface area (Å²) in [6, 6.07) is 16.7. The molecule has 1 amide bonds. The molecule has 1 aromatic heterocycles. The number of esters is 2. The Bertz CT molecular complexity index is 1210. The molecule has 33 heavy (non-hydrogen) atoms. The van der Waals surface area contributed by atoms with Crippen molar-refractivity contribution >= 4 is 40.5 Å². The zero-order valence-corrected chi connectivity index (χ0v) is 18.7. The molecule has 0 saturated carbocycles. The van der Waals surface area contributed by atoms with Gasteiger partial charge in [0.15, 0.2) is 0 Å². The summed E-state index contributed by atoms with van der Waals surface area (Å²) in [6.07, 6.45) is 5.33. The molecule has 170 valence electrons. The standard InChI is InChI=1S/C26H26N2O5/c1-3-4-14-26(2)32-24(30)21(25(31)33-26)15-18-16-28(22-13-9-8-12-20(18)22)17-23(29)27-19-10-6-5-7-11-19/h5-13,15-16H,3-4,14,17H2,1-2H3,(H,27,29). The average molecular weight is 447 g/mol. The van der Waals surface area contributed by atoms with Crippen LogP contribution in [-0.4, -0.2) is 28.2 Å². The fourth-order valence-corrected chi connectivity index (χ4v) is 3.88. The molecular formula is C26H26N2O5. The number of nitrogens with zero attached hydrogens (tertiary/aromatic N) is 1. The van der Waals surface area contributed by atoms with Gasteiger partial charge >= 0.3 is 11.9 Å². The molecule has 1 aliphatic rings. The fourth-order valence-electron chi connectivity index (χ4n) is 3.88. The second-order valence-corrected chi connectivity index (χ2v) is 8.22. The van der Waals surface area contributed by atoms with Gasteiger partial charge in [-0.25, -0.2) is 9.59 Å². The normalized spacial score (nSPS) is 18.1. The topological polar surface area (TPSA) is 86.6 Å². The highest BCUT2D eigenvalue weighted by molar-refractivity contribution is 6.19. The maximum Gasteiger partial charge on any atom is 0.348 e. The van der Waals surface area contributed by atoms with Crippen LogP contribution in [0.25, 0.3) is 17.0 Å². The number of carbonyl (C=O) groups excluding carboxylic acids is 3. The molecule has 0 spiro atoms. The Labute approximate surface area is 192 Å². The molecule has 0 radical (unpaired) electrons. The lowest BCUT2D eigenvalue weighted by molar-refractivity contribution is -0.230. The summed E-state index contributed by atoms with van der Waals surface area (Å²) in [5, 5.41) is 3.67. The number of fused-ring (bicyclic) bond motifs is 1. The maximum atomic E-state index is 12.6. The van der Waals surface area contributed by atoms with Gasteiger partial charge in [0.1, 0.15) is 12.1 Å². The fraction of sp³-hybridized carbons (Fsp3) is 0.269. The molecule has 1 aliphatic heterocycles. The highest BCUT2D eigenvalue weighted by Crippen LogP contribution is 2.31. The zero-order valence-electron chi connectivity index (χ0n) is 18.7. The number of hydrogen-bond donors (Lipinski definition) is 1. The third-order valence-electron chi connectivity index (χ3n) is 5.53. The molecule has 1 saturated heterocycles. The van der Waals surface area contributed by atoms with Gasteiger partial charge in [0, 0.05) is 41.7 Å². The number of hydrogen-bond acceptors (Lipinski definition) is 5. The van der Waals surface area contributed by atoms with Crippen molar-refractivity contribution in [3.63, 3.8) is 0 Å². The molecule has 0 unspecified atom stereocenters. The quantitative estimate of drug-likeness (QED) is 0.324. The lowest BCUT2D eigenvalue weighted by atomic mass is 10.1. The van der Waals surface area contributed by atoms with E-state index >= 15 is 0 Å². The molecule has 2 heterocycles. The summed E-state index contributed by atoms with van der Waals surface area (Å²) < 4.78 is 12.7. The third-order valence-corrected chi connectivity index (χ3v) is 5.53. The number of aromatic nitrogens is 1. The molecular weight excluding hydrogens is 420 g/mol. The van der Waals surface area contributed by atoms with E-state index in [4.69, 9.17) is 9.47 Å². The van der Waals surface area contributed by atoms with E-state index in [9.17, 15) is 14.4 Å². The number of anilines is 1. The van der Waals surface area contributed by atoms with Gasteiger partial charge in [0.2, 0.25) is 5.91 Å². The second kappa shape index (κ2) is 9.32. The number of ether oxygens (including phenoxy) is 2. The van der Waals surface area contributed by atoms with Gasteiger partial charge in [-0.2, -0.15) is 0 Å². The van der Waals surface area contributed by atoms with Crippen LogP contribution in [0.4, 0.5) is 5.69 Å². The van der Waals surface area contributed by atoms with Crippen LogP contribution in [0.5, 0.6) is 0 Å². The first kappa shape index (κ1) is 22.3. The van der Waals surface area contributed by atoms with Gasteiger partial charge in [-0.3, -0.25) is 4.79 Å². The van der Waals surface area contributed by atoms with Crippen LogP contribution >= 0.6 is 0 Å². The lowest BCUT2D eigenvalue weighted by Crippen LogP contribution is -2.44. The van der Waals surface area contributed by atoms with Gasteiger partial charge < -0.3 is 19.4 Å². The first-order valence-electron chi connectivity index (χ1n) is 11.0. The predicted octanol–water partition coefficient (Wildman–Crippen LogP) is 4.67. The zero-order chi connectivity index (χ0) is 23.4. The van der Waals surface area contributed by atoms with Gasteiger partial charge in [0.05, 0.1) is 0 Å². The summed E-state index contributed by atoms with van der Waals surface area (Å²) in [4.78, 5) is 37.9. The summed E-state index contributed by atoms with van der Waals surface area (Å²) >= 11 is 0. The van der Waals surface area contributed by atoms with Crippen molar-refractivity contribution < 1.29 is 23.9 Å². The summed E-state index contributed by atoms with van der Waals surface area (Å²) in [5.74, 6) is -2.85. The molecule has 4 rings (SSSR count). The van der Waals surface area contributed by atoms with Crippen molar-refractivity contribution in [2.75, 3.05) is 5.32 Å². The molecule has 1 fully saturated rings. The second-order valence-electron chi connectivity index (χ2n) is 8.22. The lowest BCUT2D eigenvalue weighted by Gasteiger charge is -2.33. The van der Waals surface area contributed by atoms with E-state index in [0.717, 1.165) is 23.7 Å². The number of nitrogens with one attached hydrogen (secondary N) is 1. The van der Waals surface area contributed by atoms with Crippen LogP contribution in [0.15, 0.2) is 66.4 Å². The Morgan fingerprint density at radius 1 is 1.03 bits per heavy atom. The van der Waals surface area contributed by atoms with Crippen LogP contribution in [0.2, 0.25) is 0 Å². The van der Waals surface area contributed by atoms with Crippen LogP contribution < -0.4 is 5.32 Å². The highest BCUT2D eigenvalue weighted by atomic mass is 16.7. The minimum absolute atomic E-state index is 0.0720. The maximum absolute atomic E-state index is 12.6. The Balaban J connectivity index is 1.60. The number of cyclic esters (lactones) is 2. The third kappa shape index (κ3) is 4.98. The molecule has 7 heteroatoms. The van der Waals surface area contributed by atoms with Crippen LogP contribution in [0.1, 0.15) is 38.7 Å². The SMILES string of the molecule is CCCCC1(C)OC(=O)C(=Cc2cn(CC(=O)Nc3ccccc3)c3ccccc23)C(=O)O1. The van der Waals surface area contributed by atoms with E-state index in [1.165, 1.54) is 6.08 Å². The number of rotatable bonds is 7. The van der Waals surface area contributed by atoms with Crippen molar-refractivity contribution in [3.8, 4) is 0 Å². The molecule has 2 aromatic carbocycles. The van der Waals surface area contributed by atoms with E-state index in [-0.39, 0.29) is 18.0 Å². The molecule has 0 atom stereocenters. The van der Waals surface area contributed by atoms with Crippen molar-refractivity contribution in [3.05, 3.63) is 71.9 Å². The Kier molecular flexibility index (Phi) is 6.31. The first-order valence-corrected chi connectivity index (χ1v) is 11.0. The van der Waals surface area contributed by atoms with Crippen LogP contribution in [0, 0.1) is 0 Å². The van der Waals surface area contributed by atoms with Gasteiger partial charge in [-0.1, -0.05) is 49.7 Å².